The van der Waals surface area contributed by atoms with E-state index in [2.05, 4.69) is 5.32 Å². The van der Waals surface area contributed by atoms with Gasteiger partial charge < -0.3 is 19.2 Å². The van der Waals surface area contributed by atoms with Crippen LogP contribution in [-0.4, -0.2) is 18.5 Å². The quantitative estimate of drug-likeness (QED) is 0.289. The van der Waals surface area contributed by atoms with Gasteiger partial charge in [0.05, 0.1) is 18.1 Å². The first-order valence-electron chi connectivity index (χ1n) is 10.1. The van der Waals surface area contributed by atoms with Crippen LogP contribution in [-0.2, 0) is 16.0 Å². The molecule has 1 aromatic heterocycles. The Morgan fingerprint density at radius 3 is 2.48 bits per heavy atom. The van der Waals surface area contributed by atoms with E-state index in [9.17, 15) is 9.59 Å². The SMILES string of the molecule is CCOC(=O)Cc1ccc(Oc2ccc(NC(=O)c3cc4cc(Cl)ccc4o3)cc2)c(Cl)c1. The van der Waals surface area contributed by atoms with Gasteiger partial charge in [-0.25, -0.2) is 0 Å². The van der Waals surface area contributed by atoms with Crippen LogP contribution in [0, 0.1) is 0 Å². The molecule has 1 heterocycles. The number of fused-ring (bicyclic) bond motifs is 1. The summed E-state index contributed by atoms with van der Waals surface area (Å²) in [7, 11) is 0. The predicted octanol–water partition coefficient (Wildman–Crippen LogP) is 6.89. The Hall–Kier alpha value is -3.48. The average Bonchev–Trinajstić information content (AvgIpc) is 3.20. The maximum Gasteiger partial charge on any atom is 0.310 e. The highest BCUT2D eigenvalue weighted by Gasteiger charge is 2.13. The van der Waals surface area contributed by atoms with Crippen LogP contribution in [0.2, 0.25) is 10.0 Å². The predicted molar refractivity (Wildman–Crippen MR) is 127 cm³/mol. The van der Waals surface area contributed by atoms with E-state index in [-0.39, 0.29) is 24.1 Å². The van der Waals surface area contributed by atoms with E-state index in [1.807, 2.05) is 0 Å². The second-order valence-electron chi connectivity index (χ2n) is 7.12. The van der Waals surface area contributed by atoms with Crippen molar-refractivity contribution in [2.45, 2.75) is 13.3 Å². The summed E-state index contributed by atoms with van der Waals surface area (Å²) in [4.78, 5) is 24.1. The number of benzene rings is 3. The van der Waals surface area contributed by atoms with Crippen LogP contribution < -0.4 is 10.1 Å². The molecule has 0 fully saturated rings. The van der Waals surface area contributed by atoms with Gasteiger partial charge in [-0.05, 0) is 73.2 Å². The van der Waals surface area contributed by atoms with E-state index < -0.39 is 0 Å². The molecule has 168 valence electrons. The van der Waals surface area contributed by atoms with Gasteiger partial charge in [-0.15, -0.1) is 0 Å². The number of carbonyl (C=O) groups excluding carboxylic acids is 2. The normalized spacial score (nSPS) is 10.8. The van der Waals surface area contributed by atoms with Crippen molar-refractivity contribution in [3.8, 4) is 11.5 Å². The minimum atomic E-state index is -0.378. The number of furan rings is 1. The minimum absolute atomic E-state index is 0.139. The number of carbonyl (C=O) groups is 2. The third-order valence-electron chi connectivity index (χ3n) is 4.69. The Labute approximate surface area is 200 Å². The maximum absolute atomic E-state index is 12.5. The van der Waals surface area contributed by atoms with Gasteiger partial charge in [-0.3, -0.25) is 9.59 Å². The number of ether oxygens (including phenoxy) is 2. The molecule has 8 heteroatoms. The van der Waals surface area contributed by atoms with Crippen molar-refractivity contribution in [2.24, 2.45) is 0 Å². The number of amides is 1. The molecule has 6 nitrogen and oxygen atoms in total. The van der Waals surface area contributed by atoms with Crippen LogP contribution in [0.1, 0.15) is 23.0 Å². The zero-order valence-corrected chi connectivity index (χ0v) is 19.1. The van der Waals surface area contributed by atoms with Gasteiger partial charge in [0.1, 0.15) is 17.1 Å². The van der Waals surface area contributed by atoms with Gasteiger partial charge in [0.15, 0.2) is 5.76 Å². The molecule has 0 radical (unpaired) electrons. The molecule has 1 amide bonds. The zero-order valence-electron chi connectivity index (χ0n) is 17.6. The number of rotatable bonds is 7. The number of hydrogen-bond donors (Lipinski definition) is 1. The lowest BCUT2D eigenvalue weighted by molar-refractivity contribution is -0.142. The van der Waals surface area contributed by atoms with E-state index in [4.69, 9.17) is 37.1 Å². The van der Waals surface area contributed by atoms with E-state index in [1.54, 1.807) is 73.7 Å². The van der Waals surface area contributed by atoms with E-state index in [0.717, 1.165) is 10.9 Å². The molecule has 0 atom stereocenters. The second kappa shape index (κ2) is 9.98. The van der Waals surface area contributed by atoms with Crippen molar-refractivity contribution >= 4 is 51.7 Å². The van der Waals surface area contributed by atoms with Crippen molar-refractivity contribution in [3.05, 3.63) is 88.1 Å². The molecule has 0 bridgehead atoms. The first-order valence-corrected chi connectivity index (χ1v) is 10.9. The monoisotopic (exact) mass is 483 g/mol. The van der Waals surface area contributed by atoms with E-state index in [1.165, 1.54) is 0 Å². The molecule has 0 aliphatic rings. The van der Waals surface area contributed by atoms with Gasteiger partial charge in [-0.1, -0.05) is 29.3 Å². The molecular formula is C25H19Cl2NO5. The molecule has 3 aromatic carbocycles. The topological polar surface area (TPSA) is 77.8 Å². The van der Waals surface area contributed by atoms with Crippen molar-refractivity contribution < 1.29 is 23.5 Å². The number of hydrogen-bond acceptors (Lipinski definition) is 5. The van der Waals surface area contributed by atoms with Gasteiger partial charge in [0.2, 0.25) is 0 Å². The lowest BCUT2D eigenvalue weighted by Gasteiger charge is -2.10. The van der Waals surface area contributed by atoms with Gasteiger partial charge in [-0.2, -0.15) is 0 Å². The maximum atomic E-state index is 12.5. The Kier molecular flexibility index (Phi) is 6.87. The standard InChI is InChI=1S/C25H19Cl2NO5/c1-2-31-24(29)12-15-3-9-22(20(27)11-15)32-19-7-5-18(6-8-19)28-25(30)23-14-16-13-17(26)4-10-21(16)33-23/h3-11,13-14H,2,12H2,1H3,(H,28,30). The third-order valence-corrected chi connectivity index (χ3v) is 5.22. The molecule has 0 aliphatic heterocycles. The summed E-state index contributed by atoms with van der Waals surface area (Å²) in [5, 5.41) is 4.48. The summed E-state index contributed by atoms with van der Waals surface area (Å²) in [6.45, 7) is 2.09. The number of anilines is 1. The summed E-state index contributed by atoms with van der Waals surface area (Å²) in [5.74, 6) is 0.471. The summed E-state index contributed by atoms with van der Waals surface area (Å²) in [5.41, 5.74) is 1.89. The fourth-order valence-corrected chi connectivity index (χ4v) is 3.59. The largest absolute Gasteiger partial charge is 0.466 e. The molecule has 0 saturated heterocycles. The summed E-state index contributed by atoms with van der Waals surface area (Å²) < 4.78 is 16.3. The minimum Gasteiger partial charge on any atom is -0.466 e. The van der Waals surface area contributed by atoms with Crippen LogP contribution in [0.3, 0.4) is 0 Å². The Morgan fingerprint density at radius 2 is 1.76 bits per heavy atom. The van der Waals surface area contributed by atoms with Gasteiger partial charge >= 0.3 is 5.97 Å². The van der Waals surface area contributed by atoms with Crippen LogP contribution >= 0.6 is 23.2 Å². The lowest BCUT2D eigenvalue weighted by atomic mass is 10.1. The molecule has 0 saturated carbocycles. The van der Waals surface area contributed by atoms with Crippen LogP contribution in [0.5, 0.6) is 11.5 Å². The number of halogens is 2. The Bertz CT molecular complexity index is 1310. The summed E-state index contributed by atoms with van der Waals surface area (Å²) in [6, 6.07) is 18.7. The average molecular weight is 484 g/mol. The highest BCUT2D eigenvalue weighted by atomic mass is 35.5. The molecule has 0 aliphatic carbocycles. The number of nitrogens with one attached hydrogen (secondary N) is 1. The molecule has 0 spiro atoms. The first-order chi connectivity index (χ1) is 15.9. The smallest absolute Gasteiger partial charge is 0.310 e. The second-order valence-corrected chi connectivity index (χ2v) is 7.96. The molecule has 4 rings (SSSR count). The summed E-state index contributed by atoms with van der Waals surface area (Å²) in [6.07, 6.45) is 0.139. The molecule has 0 unspecified atom stereocenters. The van der Waals surface area contributed by atoms with E-state index >= 15 is 0 Å². The fraction of sp³-hybridized carbons (Fsp3) is 0.120. The van der Waals surface area contributed by atoms with Gasteiger partial charge in [0.25, 0.3) is 5.91 Å². The first kappa shape index (κ1) is 22.7. The molecular weight excluding hydrogens is 465 g/mol. The molecule has 4 aromatic rings. The summed E-state index contributed by atoms with van der Waals surface area (Å²) >= 11 is 12.3. The Balaban J connectivity index is 1.39. The van der Waals surface area contributed by atoms with Crippen molar-refractivity contribution in [3.63, 3.8) is 0 Å². The van der Waals surface area contributed by atoms with Crippen LogP contribution in [0.15, 0.2) is 71.1 Å². The third kappa shape index (κ3) is 5.66. The van der Waals surface area contributed by atoms with Crippen molar-refractivity contribution in [1.29, 1.82) is 0 Å². The van der Waals surface area contributed by atoms with Crippen LogP contribution in [0.4, 0.5) is 5.69 Å². The highest BCUT2D eigenvalue weighted by Crippen LogP contribution is 2.31. The zero-order chi connectivity index (χ0) is 23.4. The fourth-order valence-electron chi connectivity index (χ4n) is 3.17. The van der Waals surface area contributed by atoms with Crippen LogP contribution in [0.25, 0.3) is 11.0 Å². The highest BCUT2D eigenvalue weighted by molar-refractivity contribution is 6.32. The van der Waals surface area contributed by atoms with Gasteiger partial charge in [0, 0.05) is 16.1 Å². The molecule has 33 heavy (non-hydrogen) atoms. The van der Waals surface area contributed by atoms with Crippen molar-refractivity contribution in [1.82, 2.24) is 0 Å². The number of esters is 1. The van der Waals surface area contributed by atoms with Crippen molar-refractivity contribution in [2.75, 3.05) is 11.9 Å². The molecule has 1 N–H and O–H groups in total. The lowest BCUT2D eigenvalue weighted by Crippen LogP contribution is -2.10. The van der Waals surface area contributed by atoms with E-state index in [0.29, 0.717) is 39.4 Å². The Morgan fingerprint density at radius 1 is 0.970 bits per heavy atom.